The second-order valence-corrected chi connectivity index (χ2v) is 7.65. The average molecular weight is 355 g/mol. The highest BCUT2D eigenvalue weighted by atomic mass is 35.5. The van der Waals surface area contributed by atoms with Crippen molar-refractivity contribution in [3.05, 3.63) is 44.9 Å². The first-order chi connectivity index (χ1) is 10.1. The molecule has 3 nitrogen and oxygen atoms in total. The molecule has 0 N–H and O–H groups in total. The molecule has 0 amide bonds. The van der Waals surface area contributed by atoms with Crippen LogP contribution < -0.4 is 5.56 Å². The molecule has 3 aromatic heterocycles. The van der Waals surface area contributed by atoms with Gasteiger partial charge in [-0.3, -0.25) is 9.36 Å². The number of hydrogen-bond acceptors (Lipinski definition) is 5. The molecule has 3 rings (SSSR count). The number of thiophene rings is 2. The lowest BCUT2D eigenvalue weighted by Crippen LogP contribution is -2.19. The molecule has 0 aliphatic heterocycles. The predicted octanol–water partition coefficient (Wildman–Crippen LogP) is 4.57. The van der Waals surface area contributed by atoms with Gasteiger partial charge < -0.3 is 0 Å². The number of nitrogens with zero attached hydrogens (tertiary/aromatic N) is 2. The zero-order valence-electron chi connectivity index (χ0n) is 11.1. The van der Waals surface area contributed by atoms with Crippen LogP contribution in [0.3, 0.4) is 0 Å². The van der Waals surface area contributed by atoms with Crippen molar-refractivity contribution >= 4 is 56.3 Å². The first-order valence-electron chi connectivity index (χ1n) is 6.06. The highest BCUT2D eigenvalue weighted by Gasteiger charge is 2.16. The Morgan fingerprint density at radius 1 is 1.52 bits per heavy atom. The summed E-state index contributed by atoms with van der Waals surface area (Å²) in [7, 11) is 1.74. The van der Waals surface area contributed by atoms with Gasteiger partial charge in [0.1, 0.15) is 4.83 Å². The monoisotopic (exact) mass is 354 g/mol. The molecule has 0 fully saturated rings. The van der Waals surface area contributed by atoms with E-state index in [0.717, 1.165) is 15.3 Å². The Bertz CT molecular complexity index is 864. The first kappa shape index (κ1) is 14.8. The van der Waals surface area contributed by atoms with Crippen molar-refractivity contribution in [3.63, 3.8) is 0 Å². The molecule has 0 unspecified atom stereocenters. The number of fused-ring (bicyclic) bond motifs is 1. The molecule has 0 saturated heterocycles. The zero-order chi connectivity index (χ0) is 15.0. The molecule has 0 bridgehead atoms. The highest BCUT2D eigenvalue weighted by molar-refractivity contribution is 7.99. The summed E-state index contributed by atoms with van der Waals surface area (Å²) in [5, 5.41) is 5.90. The third-order valence-corrected chi connectivity index (χ3v) is 6.10. The normalized spacial score (nSPS) is 11.1. The van der Waals surface area contributed by atoms with E-state index in [-0.39, 0.29) is 5.56 Å². The van der Waals surface area contributed by atoms with Gasteiger partial charge in [0, 0.05) is 33.7 Å². The Morgan fingerprint density at radius 3 is 3.00 bits per heavy atom. The lowest BCUT2D eigenvalue weighted by atomic mass is 10.2. The van der Waals surface area contributed by atoms with E-state index < -0.39 is 0 Å². The number of thioether (sulfide) groups is 1. The van der Waals surface area contributed by atoms with Crippen molar-refractivity contribution < 1.29 is 0 Å². The van der Waals surface area contributed by atoms with Crippen LogP contribution in [-0.4, -0.2) is 15.3 Å². The largest absolute Gasteiger partial charge is 0.290 e. The van der Waals surface area contributed by atoms with E-state index in [9.17, 15) is 4.79 Å². The summed E-state index contributed by atoms with van der Waals surface area (Å²) in [5.41, 5.74) is 0.948. The molecule has 0 radical (unpaired) electrons. The Kier molecular flexibility index (Phi) is 4.21. The minimum absolute atomic E-state index is 0.0210. The summed E-state index contributed by atoms with van der Waals surface area (Å²) in [5.74, 6) is 0.538. The maximum Gasteiger partial charge on any atom is 0.263 e. The predicted molar refractivity (Wildman–Crippen MR) is 93.9 cm³/mol. The van der Waals surface area contributed by atoms with Crippen molar-refractivity contribution in [2.24, 2.45) is 7.05 Å². The van der Waals surface area contributed by atoms with E-state index in [1.54, 1.807) is 23.0 Å². The fourth-order valence-corrected chi connectivity index (χ4v) is 4.63. The van der Waals surface area contributed by atoms with Crippen LogP contribution in [0.25, 0.3) is 20.7 Å². The molecular formula is C14H11ClN2OS3. The van der Waals surface area contributed by atoms with Gasteiger partial charge in [0.2, 0.25) is 0 Å². The van der Waals surface area contributed by atoms with Crippen LogP contribution in [0.15, 0.2) is 44.5 Å². The summed E-state index contributed by atoms with van der Waals surface area (Å²) in [4.78, 5) is 19.1. The van der Waals surface area contributed by atoms with Crippen LogP contribution in [0.4, 0.5) is 0 Å². The Morgan fingerprint density at radius 2 is 2.33 bits per heavy atom. The lowest BCUT2D eigenvalue weighted by molar-refractivity contribution is 0.729. The van der Waals surface area contributed by atoms with Crippen molar-refractivity contribution in [2.45, 2.75) is 5.16 Å². The standard InChI is InChI=1S/C14H11ClN2OS3/c1-8(15)6-21-14-16-12-11(13(18)17(14)2)9(7-20-12)10-4-3-5-19-10/h3-5,7H,1,6H2,2H3. The first-order valence-corrected chi connectivity index (χ1v) is 9.18. The van der Waals surface area contributed by atoms with E-state index in [1.807, 2.05) is 22.9 Å². The number of halogens is 1. The van der Waals surface area contributed by atoms with Crippen LogP contribution >= 0.6 is 46.0 Å². The summed E-state index contributed by atoms with van der Waals surface area (Å²) in [6.07, 6.45) is 0. The van der Waals surface area contributed by atoms with Crippen LogP contribution in [0, 0.1) is 0 Å². The van der Waals surface area contributed by atoms with Gasteiger partial charge in [-0.1, -0.05) is 36.0 Å². The van der Waals surface area contributed by atoms with Gasteiger partial charge in [0.05, 0.1) is 5.39 Å². The van der Waals surface area contributed by atoms with Crippen LogP contribution in [0.5, 0.6) is 0 Å². The third kappa shape index (κ3) is 2.81. The molecule has 0 atom stereocenters. The van der Waals surface area contributed by atoms with Crippen LogP contribution in [0.1, 0.15) is 0 Å². The molecule has 3 heterocycles. The number of hydrogen-bond donors (Lipinski definition) is 0. The number of aromatic nitrogens is 2. The highest BCUT2D eigenvalue weighted by Crippen LogP contribution is 2.34. The average Bonchev–Trinajstić information content (AvgIpc) is 3.09. The molecule has 0 saturated carbocycles. The van der Waals surface area contributed by atoms with E-state index in [1.165, 1.54) is 23.1 Å². The van der Waals surface area contributed by atoms with Gasteiger partial charge in [-0.05, 0) is 11.4 Å². The smallest absolute Gasteiger partial charge is 0.263 e. The maximum atomic E-state index is 12.6. The topological polar surface area (TPSA) is 34.9 Å². The number of rotatable bonds is 4. The quantitative estimate of drug-likeness (QED) is 0.508. The van der Waals surface area contributed by atoms with Crippen LogP contribution in [-0.2, 0) is 7.05 Å². The van der Waals surface area contributed by atoms with Gasteiger partial charge in [-0.2, -0.15) is 0 Å². The fourth-order valence-electron chi connectivity index (χ4n) is 1.94. The van der Waals surface area contributed by atoms with Crippen molar-refractivity contribution in [1.29, 1.82) is 0 Å². The Hall–Kier alpha value is -1.08. The summed E-state index contributed by atoms with van der Waals surface area (Å²) < 4.78 is 1.58. The fraction of sp³-hybridized carbons (Fsp3) is 0.143. The van der Waals surface area contributed by atoms with Crippen molar-refractivity contribution in [3.8, 4) is 10.4 Å². The third-order valence-electron chi connectivity index (χ3n) is 2.92. The Balaban J connectivity index is 2.15. The molecule has 21 heavy (non-hydrogen) atoms. The second kappa shape index (κ2) is 5.96. The summed E-state index contributed by atoms with van der Waals surface area (Å²) >= 11 is 10.3. The van der Waals surface area contributed by atoms with E-state index in [2.05, 4.69) is 11.6 Å². The molecule has 3 aromatic rings. The van der Waals surface area contributed by atoms with E-state index >= 15 is 0 Å². The van der Waals surface area contributed by atoms with Crippen molar-refractivity contribution in [1.82, 2.24) is 9.55 Å². The van der Waals surface area contributed by atoms with Gasteiger partial charge in [0.15, 0.2) is 5.16 Å². The van der Waals surface area contributed by atoms with E-state index in [4.69, 9.17) is 11.6 Å². The summed E-state index contributed by atoms with van der Waals surface area (Å²) in [6, 6.07) is 4.00. The zero-order valence-corrected chi connectivity index (χ0v) is 14.3. The minimum atomic E-state index is -0.0210. The molecule has 0 aliphatic rings. The van der Waals surface area contributed by atoms with Gasteiger partial charge in [-0.15, -0.1) is 22.7 Å². The molecular weight excluding hydrogens is 344 g/mol. The van der Waals surface area contributed by atoms with Gasteiger partial charge in [-0.25, -0.2) is 4.98 Å². The maximum absolute atomic E-state index is 12.6. The molecule has 0 aromatic carbocycles. The lowest BCUT2D eigenvalue weighted by Gasteiger charge is -2.06. The summed E-state index contributed by atoms with van der Waals surface area (Å²) in [6.45, 7) is 3.66. The van der Waals surface area contributed by atoms with Gasteiger partial charge in [0.25, 0.3) is 5.56 Å². The van der Waals surface area contributed by atoms with Gasteiger partial charge >= 0.3 is 0 Å². The van der Waals surface area contributed by atoms with Crippen molar-refractivity contribution in [2.75, 3.05) is 5.75 Å². The van der Waals surface area contributed by atoms with E-state index in [0.29, 0.717) is 21.3 Å². The second-order valence-electron chi connectivity index (χ2n) is 4.37. The molecule has 108 valence electrons. The Labute approximate surface area is 138 Å². The molecule has 0 aliphatic carbocycles. The SMILES string of the molecule is C=C(Cl)CSc1nc2scc(-c3cccs3)c2c(=O)n1C. The molecule has 0 spiro atoms. The van der Waals surface area contributed by atoms with Crippen LogP contribution in [0.2, 0.25) is 0 Å². The minimum Gasteiger partial charge on any atom is -0.290 e. The molecule has 7 heteroatoms.